The number of hydrogen-bond donors (Lipinski definition) is 1. The van der Waals surface area contributed by atoms with E-state index in [9.17, 15) is 14.7 Å². The number of Topliss-reactive ketones (excluding diaryl/α,β-unsaturated/α-hetero) is 1. The van der Waals surface area contributed by atoms with Gasteiger partial charge in [0.05, 0.1) is 11.6 Å². The van der Waals surface area contributed by atoms with E-state index >= 15 is 0 Å². The molecular formula is C26H19BrN2O4. The summed E-state index contributed by atoms with van der Waals surface area (Å²) in [4.78, 5) is 32.6. The quantitative estimate of drug-likeness (QED) is 0.346. The number of furan rings is 1. The Morgan fingerprint density at radius 3 is 2.67 bits per heavy atom. The summed E-state index contributed by atoms with van der Waals surface area (Å²) in [5.41, 5.74) is 3.62. The number of aryl methyl sites for hydroxylation is 2. The van der Waals surface area contributed by atoms with E-state index in [2.05, 4.69) is 20.9 Å². The second-order valence-corrected chi connectivity index (χ2v) is 8.95. The van der Waals surface area contributed by atoms with Gasteiger partial charge in [0.2, 0.25) is 5.78 Å². The molecule has 0 fully saturated rings. The molecule has 0 spiro atoms. The molecule has 1 atom stereocenters. The Morgan fingerprint density at radius 2 is 1.94 bits per heavy atom. The third-order valence-electron chi connectivity index (χ3n) is 5.77. The Morgan fingerprint density at radius 1 is 1.12 bits per heavy atom. The van der Waals surface area contributed by atoms with Crippen molar-refractivity contribution in [1.82, 2.24) is 4.98 Å². The zero-order chi connectivity index (χ0) is 23.3. The Hall–Kier alpha value is -3.71. The van der Waals surface area contributed by atoms with Crippen molar-refractivity contribution in [2.45, 2.75) is 19.9 Å². The van der Waals surface area contributed by atoms with Gasteiger partial charge in [-0.05, 0) is 61.4 Å². The van der Waals surface area contributed by atoms with Gasteiger partial charge in [-0.3, -0.25) is 19.5 Å². The molecule has 1 aliphatic rings. The molecule has 1 aliphatic heterocycles. The number of aliphatic hydroxyl groups is 1. The Balaban J connectivity index is 1.67. The summed E-state index contributed by atoms with van der Waals surface area (Å²) in [6, 6.07) is 15.4. The molecule has 1 N–H and O–H groups in total. The minimum atomic E-state index is -0.847. The van der Waals surface area contributed by atoms with Crippen molar-refractivity contribution in [1.29, 1.82) is 0 Å². The van der Waals surface area contributed by atoms with Gasteiger partial charge in [-0.15, -0.1) is 0 Å². The number of carbonyl (C=O) groups excluding carboxylic acids is 2. The van der Waals surface area contributed by atoms with Crippen LogP contribution in [0.3, 0.4) is 0 Å². The summed E-state index contributed by atoms with van der Waals surface area (Å²) in [6.45, 7) is 3.86. The molecule has 0 saturated heterocycles. The minimum Gasteiger partial charge on any atom is -0.503 e. The average molecular weight is 503 g/mol. The number of hydrogen-bond acceptors (Lipinski definition) is 5. The maximum absolute atomic E-state index is 13.6. The van der Waals surface area contributed by atoms with Crippen molar-refractivity contribution in [3.8, 4) is 0 Å². The van der Waals surface area contributed by atoms with Gasteiger partial charge in [-0.2, -0.15) is 0 Å². The number of aliphatic hydroxyl groups excluding tert-OH is 1. The summed E-state index contributed by atoms with van der Waals surface area (Å²) < 4.78 is 6.63. The fourth-order valence-corrected chi connectivity index (χ4v) is 4.65. The van der Waals surface area contributed by atoms with Crippen LogP contribution in [-0.2, 0) is 4.79 Å². The highest BCUT2D eigenvalue weighted by atomic mass is 79.9. The maximum atomic E-state index is 13.6. The fraction of sp³-hybridized carbons (Fsp3) is 0.115. The molecule has 0 aliphatic carbocycles. The number of aromatic nitrogens is 1. The highest BCUT2D eigenvalue weighted by Crippen LogP contribution is 2.43. The molecule has 33 heavy (non-hydrogen) atoms. The lowest BCUT2D eigenvalue weighted by molar-refractivity contribution is -0.117. The Bertz CT molecular complexity index is 1460. The normalized spacial score (nSPS) is 16.2. The van der Waals surface area contributed by atoms with Gasteiger partial charge in [0.15, 0.2) is 11.5 Å². The van der Waals surface area contributed by atoms with Crippen LogP contribution in [0.2, 0.25) is 0 Å². The van der Waals surface area contributed by atoms with E-state index in [1.165, 1.54) is 4.90 Å². The third-order valence-corrected chi connectivity index (χ3v) is 6.26. The van der Waals surface area contributed by atoms with Crippen molar-refractivity contribution in [3.63, 3.8) is 0 Å². The summed E-state index contributed by atoms with van der Waals surface area (Å²) in [6.07, 6.45) is 3.21. The van der Waals surface area contributed by atoms with E-state index < -0.39 is 23.5 Å². The number of nitrogens with zero attached hydrogens (tertiary/aromatic N) is 2. The summed E-state index contributed by atoms with van der Waals surface area (Å²) >= 11 is 3.41. The molecule has 6 nitrogen and oxygen atoms in total. The van der Waals surface area contributed by atoms with Crippen molar-refractivity contribution in [2.24, 2.45) is 0 Å². The summed E-state index contributed by atoms with van der Waals surface area (Å²) in [7, 11) is 0. The standard InChI is InChI=1S/C26H19BrN2O4/c1-14-5-7-19(15(2)10-14)29-23(16-4-3-9-28-13-16)22(25(31)26(29)32)24(30)21-12-17-11-18(27)6-8-20(17)33-21/h3-13,23,31H,1-2H3. The molecule has 3 heterocycles. The number of rotatable bonds is 4. The minimum absolute atomic E-state index is 0.0360. The van der Waals surface area contributed by atoms with Gasteiger partial charge in [-0.25, -0.2) is 0 Å². The largest absolute Gasteiger partial charge is 0.503 e. The smallest absolute Gasteiger partial charge is 0.294 e. The third kappa shape index (κ3) is 3.54. The summed E-state index contributed by atoms with van der Waals surface area (Å²) in [5.74, 6) is -1.73. The number of fused-ring (bicyclic) bond motifs is 1. The van der Waals surface area contributed by atoms with E-state index in [0.717, 1.165) is 21.0 Å². The van der Waals surface area contributed by atoms with Gasteiger partial charge >= 0.3 is 0 Å². The van der Waals surface area contributed by atoms with Crippen molar-refractivity contribution >= 4 is 44.3 Å². The van der Waals surface area contributed by atoms with Crippen LogP contribution in [-0.4, -0.2) is 21.8 Å². The number of carbonyl (C=O) groups is 2. The lowest BCUT2D eigenvalue weighted by Gasteiger charge is -2.28. The molecule has 0 radical (unpaired) electrons. The molecular weight excluding hydrogens is 484 g/mol. The van der Waals surface area contributed by atoms with Crippen LogP contribution in [0.4, 0.5) is 5.69 Å². The van der Waals surface area contributed by atoms with Gasteiger partial charge in [0, 0.05) is 27.9 Å². The van der Waals surface area contributed by atoms with Crippen LogP contribution < -0.4 is 4.90 Å². The highest BCUT2D eigenvalue weighted by Gasteiger charge is 2.45. The van der Waals surface area contributed by atoms with Gasteiger partial charge < -0.3 is 9.52 Å². The first-order valence-electron chi connectivity index (χ1n) is 10.3. The monoisotopic (exact) mass is 502 g/mol. The van der Waals surface area contributed by atoms with Crippen molar-refractivity contribution in [2.75, 3.05) is 4.90 Å². The molecule has 164 valence electrons. The van der Waals surface area contributed by atoms with E-state index in [0.29, 0.717) is 16.8 Å². The molecule has 7 heteroatoms. The average Bonchev–Trinajstić information content (AvgIpc) is 3.33. The van der Waals surface area contributed by atoms with E-state index in [4.69, 9.17) is 4.42 Å². The molecule has 2 aromatic carbocycles. The zero-order valence-electron chi connectivity index (χ0n) is 17.9. The molecule has 0 bridgehead atoms. The predicted octanol–water partition coefficient (Wildman–Crippen LogP) is 5.99. The van der Waals surface area contributed by atoms with Gasteiger partial charge in [0.1, 0.15) is 5.58 Å². The van der Waals surface area contributed by atoms with Crippen molar-refractivity contribution in [3.05, 3.63) is 105 Å². The van der Waals surface area contributed by atoms with Crippen LogP contribution in [0, 0.1) is 13.8 Å². The van der Waals surface area contributed by atoms with E-state index in [1.807, 2.05) is 44.2 Å². The second kappa shape index (κ2) is 8.01. The highest BCUT2D eigenvalue weighted by molar-refractivity contribution is 9.10. The molecule has 1 unspecified atom stereocenters. The Kier molecular flexibility index (Phi) is 5.13. The number of benzene rings is 2. The maximum Gasteiger partial charge on any atom is 0.294 e. The molecule has 2 aromatic heterocycles. The number of amides is 1. The Labute approximate surface area is 198 Å². The molecule has 0 saturated carbocycles. The first-order chi connectivity index (χ1) is 15.8. The number of ketones is 1. The van der Waals surface area contributed by atoms with Crippen LogP contribution in [0.15, 0.2) is 87.2 Å². The predicted molar refractivity (Wildman–Crippen MR) is 128 cm³/mol. The van der Waals surface area contributed by atoms with E-state index in [1.54, 1.807) is 36.7 Å². The molecule has 5 rings (SSSR count). The van der Waals surface area contributed by atoms with Crippen LogP contribution in [0.1, 0.15) is 33.3 Å². The van der Waals surface area contributed by atoms with E-state index in [-0.39, 0.29) is 11.3 Å². The van der Waals surface area contributed by atoms with Gasteiger partial charge in [-0.1, -0.05) is 39.7 Å². The first-order valence-corrected chi connectivity index (χ1v) is 11.1. The van der Waals surface area contributed by atoms with Crippen LogP contribution in [0.5, 0.6) is 0 Å². The van der Waals surface area contributed by atoms with Crippen LogP contribution in [0.25, 0.3) is 11.0 Å². The molecule has 1 amide bonds. The van der Waals surface area contributed by atoms with Crippen molar-refractivity contribution < 1.29 is 19.1 Å². The topological polar surface area (TPSA) is 83.6 Å². The number of halogens is 1. The lowest BCUT2D eigenvalue weighted by atomic mass is 9.95. The van der Waals surface area contributed by atoms with Gasteiger partial charge in [0.25, 0.3) is 5.91 Å². The SMILES string of the molecule is Cc1ccc(N2C(=O)C(O)=C(C(=O)c3cc4cc(Br)ccc4o3)C2c2cccnc2)c(C)c1. The fourth-order valence-electron chi connectivity index (χ4n) is 4.27. The van der Waals surface area contributed by atoms with Crippen LogP contribution >= 0.6 is 15.9 Å². The first kappa shape index (κ1) is 21.2. The lowest BCUT2D eigenvalue weighted by Crippen LogP contribution is -2.31. The zero-order valence-corrected chi connectivity index (χ0v) is 19.5. The number of anilines is 1. The molecule has 4 aromatic rings. The summed E-state index contributed by atoms with van der Waals surface area (Å²) in [5, 5.41) is 11.7. The second-order valence-electron chi connectivity index (χ2n) is 8.04. The number of pyridine rings is 1.